The molecule has 0 spiro atoms. The fraction of sp³-hybridized carbons (Fsp3) is 0.190. The molecule has 168 valence electrons. The summed E-state index contributed by atoms with van der Waals surface area (Å²) in [5, 5.41) is 9.66. The maximum Gasteiger partial charge on any atom is 0.301 e. The van der Waals surface area contributed by atoms with E-state index in [1.807, 2.05) is 0 Å². The van der Waals surface area contributed by atoms with Gasteiger partial charge in [-0.1, -0.05) is 0 Å². The lowest BCUT2D eigenvalue weighted by Gasteiger charge is -2.18. The number of imidazole rings is 1. The second-order valence-corrected chi connectivity index (χ2v) is 9.13. The molecule has 9 nitrogen and oxygen atoms in total. The highest BCUT2D eigenvalue weighted by atomic mass is 32.2. The van der Waals surface area contributed by atoms with E-state index in [4.69, 9.17) is 4.74 Å². The molecule has 1 atom stereocenters. The van der Waals surface area contributed by atoms with E-state index < -0.39 is 27.9 Å². The van der Waals surface area contributed by atoms with Gasteiger partial charge in [0, 0.05) is 19.2 Å². The van der Waals surface area contributed by atoms with E-state index in [1.165, 1.54) is 0 Å². The number of fused-ring (bicyclic) bond motifs is 3. The molecule has 12 heteroatoms. The summed E-state index contributed by atoms with van der Waals surface area (Å²) in [7, 11) is -4.13. The first-order chi connectivity index (χ1) is 15.9. The summed E-state index contributed by atoms with van der Waals surface area (Å²) < 4.78 is 64.0. The van der Waals surface area contributed by atoms with E-state index in [2.05, 4.69) is 14.7 Å². The van der Waals surface area contributed by atoms with Gasteiger partial charge in [0.2, 0.25) is 0 Å². The van der Waals surface area contributed by atoms with Crippen LogP contribution in [0, 0.1) is 17.1 Å². The van der Waals surface area contributed by atoms with Crippen LogP contribution in [0.5, 0.6) is 11.5 Å². The van der Waals surface area contributed by atoms with Crippen LogP contribution >= 0.6 is 0 Å². The third kappa shape index (κ3) is 3.81. The normalized spacial score (nSPS) is 16.8. The number of hydrogen-bond acceptors (Lipinski definition) is 6. The Labute approximate surface area is 187 Å². The molecule has 1 fully saturated rings. The largest absolute Gasteiger partial charge is 0.453 e. The molecule has 0 amide bonds. The minimum absolute atomic E-state index is 0.0107. The molecule has 5 rings (SSSR count). The fourth-order valence-electron chi connectivity index (χ4n) is 3.69. The topological polar surface area (TPSA) is 113 Å². The van der Waals surface area contributed by atoms with Gasteiger partial charge < -0.3 is 4.74 Å². The second-order valence-electron chi connectivity index (χ2n) is 7.46. The SMILES string of the molecule is N#Cc1c(NS(=O)(=O)N2CCC(F)C2)ccc(F)c1Oc1ccc2ncc3cncn3c2c1. The van der Waals surface area contributed by atoms with Crippen LogP contribution in [0.3, 0.4) is 0 Å². The number of nitrogens with zero attached hydrogens (tertiary/aromatic N) is 5. The Hall–Kier alpha value is -3.82. The summed E-state index contributed by atoms with van der Waals surface area (Å²) in [6, 6.07) is 8.75. The van der Waals surface area contributed by atoms with Gasteiger partial charge in [0.25, 0.3) is 0 Å². The summed E-state index contributed by atoms with van der Waals surface area (Å²) in [5.74, 6) is -1.08. The van der Waals surface area contributed by atoms with Gasteiger partial charge in [-0.05, 0) is 30.7 Å². The Morgan fingerprint density at radius 3 is 2.85 bits per heavy atom. The molecule has 1 aliphatic rings. The van der Waals surface area contributed by atoms with Crippen molar-refractivity contribution in [3.05, 3.63) is 60.4 Å². The lowest BCUT2D eigenvalue weighted by molar-refractivity contribution is 0.343. The molecule has 2 aromatic carbocycles. The molecule has 33 heavy (non-hydrogen) atoms. The number of nitrogens with one attached hydrogen (secondary N) is 1. The highest BCUT2D eigenvalue weighted by Gasteiger charge is 2.32. The number of rotatable bonds is 5. The standard InChI is InChI=1S/C21H16F2N6O3S/c22-13-5-6-28(11-13)33(30,31)27-18-4-2-17(23)21(16(18)8-24)32-15-1-3-19-20(7-15)29-12-25-9-14(29)10-26-19/h1-4,7,9-10,12-13,27H,5-6,11H2. The Balaban J connectivity index is 1.52. The Morgan fingerprint density at radius 2 is 2.09 bits per heavy atom. The van der Waals surface area contributed by atoms with Crippen molar-refractivity contribution in [2.75, 3.05) is 17.8 Å². The number of alkyl halides is 1. The van der Waals surface area contributed by atoms with E-state index in [9.17, 15) is 22.5 Å². The van der Waals surface area contributed by atoms with Gasteiger partial charge >= 0.3 is 10.2 Å². The zero-order valence-electron chi connectivity index (χ0n) is 16.9. The van der Waals surface area contributed by atoms with Crippen LogP contribution in [0.25, 0.3) is 16.6 Å². The lowest BCUT2D eigenvalue weighted by Crippen LogP contribution is -2.34. The minimum atomic E-state index is -4.13. The molecule has 4 aromatic rings. The number of anilines is 1. The van der Waals surface area contributed by atoms with Crippen molar-refractivity contribution in [1.82, 2.24) is 18.7 Å². The maximum absolute atomic E-state index is 14.7. The zero-order chi connectivity index (χ0) is 23.2. The second kappa shape index (κ2) is 7.95. The van der Waals surface area contributed by atoms with Crippen LogP contribution in [0.15, 0.2) is 49.1 Å². The number of aromatic nitrogens is 3. The minimum Gasteiger partial charge on any atom is -0.453 e. The van der Waals surface area contributed by atoms with Crippen molar-refractivity contribution in [2.24, 2.45) is 0 Å². The fourth-order valence-corrected chi connectivity index (χ4v) is 4.97. The van der Waals surface area contributed by atoms with Crippen molar-refractivity contribution in [3.8, 4) is 17.6 Å². The van der Waals surface area contributed by atoms with Crippen molar-refractivity contribution in [1.29, 1.82) is 5.26 Å². The Morgan fingerprint density at radius 1 is 1.24 bits per heavy atom. The molecule has 1 unspecified atom stereocenters. The Bertz CT molecular complexity index is 1530. The number of nitriles is 1. The number of benzene rings is 2. The lowest BCUT2D eigenvalue weighted by atomic mass is 10.1. The van der Waals surface area contributed by atoms with E-state index in [-0.39, 0.29) is 36.5 Å². The third-order valence-corrected chi connectivity index (χ3v) is 6.81. The molecular formula is C21H16F2N6O3S. The van der Waals surface area contributed by atoms with Gasteiger partial charge in [-0.3, -0.25) is 14.1 Å². The average Bonchev–Trinajstić information content (AvgIpc) is 3.45. The van der Waals surface area contributed by atoms with E-state index in [0.29, 0.717) is 11.0 Å². The summed E-state index contributed by atoms with van der Waals surface area (Å²) in [4.78, 5) is 8.40. The van der Waals surface area contributed by atoms with Crippen molar-refractivity contribution in [2.45, 2.75) is 12.6 Å². The maximum atomic E-state index is 14.7. The van der Waals surface area contributed by atoms with Gasteiger partial charge in [0.1, 0.15) is 23.6 Å². The van der Waals surface area contributed by atoms with E-state index in [1.54, 1.807) is 47.4 Å². The smallest absolute Gasteiger partial charge is 0.301 e. The zero-order valence-corrected chi connectivity index (χ0v) is 17.8. The van der Waals surface area contributed by atoms with Crippen molar-refractivity contribution in [3.63, 3.8) is 0 Å². The summed E-state index contributed by atoms with van der Waals surface area (Å²) in [5.41, 5.74) is 1.53. The average molecular weight is 470 g/mol. The molecule has 0 saturated carbocycles. The third-order valence-electron chi connectivity index (χ3n) is 5.32. The van der Waals surface area contributed by atoms with Crippen LogP contribution in [0.1, 0.15) is 12.0 Å². The molecule has 1 N–H and O–H groups in total. The molecule has 0 aliphatic carbocycles. The van der Waals surface area contributed by atoms with Crippen LogP contribution in [0.2, 0.25) is 0 Å². The van der Waals surface area contributed by atoms with Gasteiger partial charge in [0.05, 0.1) is 41.0 Å². The first-order valence-corrected chi connectivity index (χ1v) is 11.3. The quantitative estimate of drug-likeness (QED) is 0.479. The number of ether oxygens (including phenoxy) is 1. The first-order valence-electron chi connectivity index (χ1n) is 9.89. The highest BCUT2D eigenvalue weighted by Crippen LogP contribution is 2.35. The summed E-state index contributed by atoms with van der Waals surface area (Å²) in [6.07, 6.45) is 3.72. The number of hydrogen-bond donors (Lipinski definition) is 1. The molecule has 3 heterocycles. The molecule has 2 aromatic heterocycles. The van der Waals surface area contributed by atoms with Gasteiger partial charge in [-0.25, -0.2) is 13.8 Å². The molecule has 1 saturated heterocycles. The number of halogens is 2. The van der Waals surface area contributed by atoms with Crippen LogP contribution in [-0.2, 0) is 10.2 Å². The first kappa shape index (κ1) is 21.0. The predicted molar refractivity (Wildman–Crippen MR) is 115 cm³/mol. The highest BCUT2D eigenvalue weighted by molar-refractivity contribution is 7.90. The predicted octanol–water partition coefficient (Wildman–Crippen LogP) is 3.39. The van der Waals surface area contributed by atoms with Gasteiger partial charge in [-0.2, -0.15) is 18.0 Å². The summed E-state index contributed by atoms with van der Waals surface area (Å²) >= 11 is 0. The van der Waals surface area contributed by atoms with Crippen LogP contribution in [-0.4, -0.2) is 46.4 Å². The van der Waals surface area contributed by atoms with Gasteiger partial charge in [-0.15, -0.1) is 0 Å². The van der Waals surface area contributed by atoms with Crippen LogP contribution < -0.4 is 9.46 Å². The molecular weight excluding hydrogens is 454 g/mol. The molecule has 1 aliphatic heterocycles. The van der Waals surface area contributed by atoms with E-state index in [0.717, 1.165) is 22.0 Å². The molecule has 0 radical (unpaired) electrons. The van der Waals surface area contributed by atoms with Crippen LogP contribution in [0.4, 0.5) is 14.5 Å². The Kier molecular flexibility index (Phi) is 5.07. The van der Waals surface area contributed by atoms with Gasteiger partial charge in [0.15, 0.2) is 11.6 Å². The van der Waals surface area contributed by atoms with Crippen molar-refractivity contribution < 1.29 is 21.9 Å². The summed E-state index contributed by atoms with van der Waals surface area (Å²) in [6.45, 7) is -0.271. The van der Waals surface area contributed by atoms with Crippen molar-refractivity contribution >= 4 is 32.4 Å². The van der Waals surface area contributed by atoms with E-state index >= 15 is 0 Å². The molecule has 0 bridgehead atoms. The monoisotopic (exact) mass is 470 g/mol.